The zero-order valence-corrected chi connectivity index (χ0v) is 10.6. The van der Waals surface area contributed by atoms with Crippen LogP contribution in [0.15, 0.2) is 30.3 Å². The van der Waals surface area contributed by atoms with Gasteiger partial charge in [-0.15, -0.1) is 0 Å². The number of aryl methyl sites for hydroxylation is 2. The van der Waals surface area contributed by atoms with Crippen LogP contribution < -0.4 is 0 Å². The van der Waals surface area contributed by atoms with Crippen LogP contribution in [0, 0.1) is 17.7 Å². The molecule has 0 atom stereocenters. The minimum atomic E-state index is -0.664. The smallest absolute Gasteiger partial charge is 0.134 e. The molecule has 0 aliphatic rings. The summed E-state index contributed by atoms with van der Waals surface area (Å²) in [5, 5.41) is 0. The Bertz CT molecular complexity index is 539. The van der Waals surface area contributed by atoms with E-state index in [1.807, 2.05) is 24.3 Å². The molecule has 93 valence electrons. The van der Waals surface area contributed by atoms with E-state index in [-0.39, 0.29) is 0 Å². The third-order valence-corrected chi connectivity index (χ3v) is 3.10. The Kier molecular flexibility index (Phi) is 3.75. The normalized spacial score (nSPS) is 10.7. The lowest BCUT2D eigenvalue weighted by Crippen LogP contribution is -1.92. The molecule has 0 aliphatic carbocycles. The summed E-state index contributed by atoms with van der Waals surface area (Å²) < 4.78 is 26.3. The first-order valence-electron chi connectivity index (χ1n) is 6.14. The zero-order chi connectivity index (χ0) is 13.1. The molecule has 0 spiro atoms. The fourth-order valence-electron chi connectivity index (χ4n) is 2.15. The SMILES string of the molecule is CCc1ccc(-c2cc(F)[c]c(F)c2)cc1CC. The molecule has 0 N–H and O–H groups in total. The first-order chi connectivity index (χ1) is 8.63. The van der Waals surface area contributed by atoms with Gasteiger partial charge in [0.1, 0.15) is 11.6 Å². The topological polar surface area (TPSA) is 0 Å². The van der Waals surface area contributed by atoms with E-state index in [1.165, 1.54) is 23.3 Å². The van der Waals surface area contributed by atoms with Gasteiger partial charge >= 0.3 is 0 Å². The Hall–Kier alpha value is -1.70. The first-order valence-corrected chi connectivity index (χ1v) is 6.14. The Labute approximate surface area is 106 Å². The van der Waals surface area contributed by atoms with E-state index >= 15 is 0 Å². The summed E-state index contributed by atoms with van der Waals surface area (Å²) in [5.74, 6) is -1.33. The molecule has 0 aromatic heterocycles. The van der Waals surface area contributed by atoms with Gasteiger partial charge in [0.15, 0.2) is 0 Å². The van der Waals surface area contributed by atoms with E-state index in [2.05, 4.69) is 13.8 Å². The van der Waals surface area contributed by atoms with Crippen molar-refractivity contribution in [2.75, 3.05) is 0 Å². The predicted octanol–water partition coefficient (Wildman–Crippen LogP) is 4.56. The van der Waals surface area contributed by atoms with Gasteiger partial charge in [-0.2, -0.15) is 0 Å². The minimum Gasteiger partial charge on any atom is -0.206 e. The maximum Gasteiger partial charge on any atom is 0.134 e. The summed E-state index contributed by atoms with van der Waals surface area (Å²) in [4.78, 5) is 0. The summed E-state index contributed by atoms with van der Waals surface area (Å²) in [6, 6.07) is 10.6. The summed E-state index contributed by atoms with van der Waals surface area (Å²) >= 11 is 0. The average molecular weight is 245 g/mol. The second-order valence-corrected chi connectivity index (χ2v) is 4.26. The van der Waals surface area contributed by atoms with Gasteiger partial charge in [0.25, 0.3) is 0 Å². The average Bonchev–Trinajstić information content (AvgIpc) is 2.36. The molecule has 0 saturated heterocycles. The van der Waals surface area contributed by atoms with Crippen molar-refractivity contribution in [1.82, 2.24) is 0 Å². The summed E-state index contributed by atoms with van der Waals surface area (Å²) in [5.41, 5.74) is 3.91. The van der Waals surface area contributed by atoms with Crippen molar-refractivity contribution in [2.45, 2.75) is 26.7 Å². The molecular weight excluding hydrogens is 230 g/mol. The highest BCUT2D eigenvalue weighted by atomic mass is 19.1. The molecule has 2 heteroatoms. The molecule has 2 rings (SSSR count). The minimum absolute atomic E-state index is 0.557. The monoisotopic (exact) mass is 245 g/mol. The first kappa shape index (κ1) is 12.7. The molecule has 0 amide bonds. The Morgan fingerprint density at radius 3 is 2.00 bits per heavy atom. The van der Waals surface area contributed by atoms with Crippen molar-refractivity contribution < 1.29 is 8.78 Å². The van der Waals surface area contributed by atoms with E-state index in [0.717, 1.165) is 18.4 Å². The van der Waals surface area contributed by atoms with Gasteiger partial charge < -0.3 is 0 Å². The van der Waals surface area contributed by atoms with Crippen LogP contribution in [0.1, 0.15) is 25.0 Å². The molecular formula is C16H15F2. The van der Waals surface area contributed by atoms with Crippen molar-refractivity contribution >= 4 is 0 Å². The summed E-state index contributed by atoms with van der Waals surface area (Å²) in [6.07, 6.45) is 1.88. The molecule has 2 aromatic rings. The Balaban J connectivity index is 2.50. The second-order valence-electron chi connectivity index (χ2n) is 4.26. The lowest BCUT2D eigenvalue weighted by molar-refractivity contribution is 0.580. The lowest BCUT2D eigenvalue weighted by Gasteiger charge is -2.09. The van der Waals surface area contributed by atoms with Crippen molar-refractivity contribution in [1.29, 1.82) is 0 Å². The summed E-state index contributed by atoms with van der Waals surface area (Å²) in [7, 11) is 0. The predicted molar refractivity (Wildman–Crippen MR) is 69.4 cm³/mol. The molecule has 0 nitrogen and oxygen atoms in total. The van der Waals surface area contributed by atoms with Crippen LogP contribution in [0.25, 0.3) is 11.1 Å². The van der Waals surface area contributed by atoms with Crippen molar-refractivity contribution in [3.8, 4) is 11.1 Å². The molecule has 1 radical (unpaired) electrons. The van der Waals surface area contributed by atoms with Crippen molar-refractivity contribution in [3.63, 3.8) is 0 Å². The van der Waals surface area contributed by atoms with Crippen LogP contribution >= 0.6 is 0 Å². The maximum atomic E-state index is 13.1. The maximum absolute atomic E-state index is 13.1. The number of hydrogen-bond acceptors (Lipinski definition) is 0. The van der Waals surface area contributed by atoms with Gasteiger partial charge in [0.05, 0.1) is 6.07 Å². The number of halogens is 2. The van der Waals surface area contributed by atoms with Crippen LogP contribution in [-0.2, 0) is 12.8 Å². The number of benzene rings is 2. The highest BCUT2D eigenvalue weighted by Gasteiger charge is 2.06. The highest BCUT2D eigenvalue weighted by molar-refractivity contribution is 5.65. The van der Waals surface area contributed by atoms with Gasteiger partial charge in [-0.1, -0.05) is 32.0 Å². The molecule has 0 fully saturated rings. The van der Waals surface area contributed by atoms with Gasteiger partial charge in [-0.25, -0.2) is 8.78 Å². The molecule has 0 saturated carbocycles. The number of rotatable bonds is 3. The van der Waals surface area contributed by atoms with E-state index in [9.17, 15) is 8.78 Å². The van der Waals surface area contributed by atoms with Crippen LogP contribution in [0.2, 0.25) is 0 Å². The molecule has 0 aliphatic heterocycles. The van der Waals surface area contributed by atoms with Crippen LogP contribution in [0.5, 0.6) is 0 Å². The third-order valence-electron chi connectivity index (χ3n) is 3.10. The van der Waals surface area contributed by atoms with Crippen LogP contribution in [0.4, 0.5) is 8.78 Å². The Morgan fingerprint density at radius 2 is 1.44 bits per heavy atom. The number of hydrogen-bond donors (Lipinski definition) is 0. The van der Waals surface area contributed by atoms with E-state index in [4.69, 9.17) is 0 Å². The summed E-state index contributed by atoms with van der Waals surface area (Å²) in [6.45, 7) is 4.18. The van der Waals surface area contributed by atoms with Crippen molar-refractivity contribution in [2.24, 2.45) is 0 Å². The Morgan fingerprint density at radius 1 is 0.833 bits per heavy atom. The molecule has 18 heavy (non-hydrogen) atoms. The lowest BCUT2D eigenvalue weighted by atomic mass is 9.96. The van der Waals surface area contributed by atoms with Gasteiger partial charge in [0, 0.05) is 0 Å². The molecule has 0 bridgehead atoms. The van der Waals surface area contributed by atoms with Crippen molar-refractivity contribution in [3.05, 3.63) is 59.2 Å². The fourth-order valence-corrected chi connectivity index (χ4v) is 2.15. The van der Waals surface area contributed by atoms with Gasteiger partial charge in [-0.3, -0.25) is 0 Å². The van der Waals surface area contributed by atoms with E-state index < -0.39 is 11.6 Å². The molecule has 2 aromatic carbocycles. The fraction of sp³-hybridized carbons (Fsp3) is 0.250. The molecule has 0 heterocycles. The van der Waals surface area contributed by atoms with Crippen LogP contribution in [-0.4, -0.2) is 0 Å². The quantitative estimate of drug-likeness (QED) is 0.743. The second kappa shape index (κ2) is 5.30. The highest BCUT2D eigenvalue weighted by Crippen LogP contribution is 2.24. The largest absolute Gasteiger partial charge is 0.206 e. The zero-order valence-electron chi connectivity index (χ0n) is 10.6. The van der Waals surface area contributed by atoms with E-state index in [1.54, 1.807) is 0 Å². The van der Waals surface area contributed by atoms with Crippen LogP contribution in [0.3, 0.4) is 0 Å². The van der Waals surface area contributed by atoms with E-state index in [0.29, 0.717) is 5.56 Å². The van der Waals surface area contributed by atoms with Gasteiger partial charge in [0.2, 0.25) is 0 Å². The standard InChI is InChI=1S/C16H15F2/c1-3-11-5-6-13(7-12(11)4-2)14-8-15(17)10-16(18)9-14/h5-9H,3-4H2,1-2H3. The third kappa shape index (κ3) is 2.58. The van der Waals surface area contributed by atoms with Gasteiger partial charge in [-0.05, 0) is 47.2 Å². The molecule has 0 unspecified atom stereocenters.